The largest absolute Gasteiger partial charge is 0.392 e. The molecule has 2 rings (SSSR count). The number of thiophene rings is 1. The van der Waals surface area contributed by atoms with E-state index in [4.69, 9.17) is 22.7 Å². The van der Waals surface area contributed by atoms with Crippen molar-refractivity contribution in [3.8, 4) is 0 Å². The van der Waals surface area contributed by atoms with Crippen LogP contribution in [0.25, 0.3) is 0 Å². The first-order chi connectivity index (χ1) is 8.65. The van der Waals surface area contributed by atoms with Crippen LogP contribution in [0.2, 0.25) is 0 Å². The molecule has 0 aliphatic carbocycles. The predicted molar refractivity (Wildman–Crippen MR) is 75.4 cm³/mol. The summed E-state index contributed by atoms with van der Waals surface area (Å²) in [4.78, 5) is 13.7. The highest BCUT2D eigenvalue weighted by Crippen LogP contribution is 2.31. The van der Waals surface area contributed by atoms with E-state index in [9.17, 15) is 4.79 Å². The second-order valence-corrected chi connectivity index (χ2v) is 5.79. The summed E-state index contributed by atoms with van der Waals surface area (Å²) >= 11 is 6.70. The van der Waals surface area contributed by atoms with E-state index in [2.05, 4.69) is 5.32 Å². The second kappa shape index (κ2) is 5.77. The van der Waals surface area contributed by atoms with Crippen molar-refractivity contribution in [2.45, 2.75) is 19.4 Å². The molecule has 1 aliphatic rings. The van der Waals surface area contributed by atoms with E-state index >= 15 is 0 Å². The lowest BCUT2D eigenvalue weighted by Gasteiger charge is -2.34. The van der Waals surface area contributed by atoms with Crippen molar-refractivity contribution >= 4 is 34.5 Å². The van der Waals surface area contributed by atoms with Gasteiger partial charge in [0.15, 0.2) is 0 Å². The highest BCUT2D eigenvalue weighted by atomic mass is 32.1. The average Bonchev–Trinajstić information content (AvgIpc) is 2.89. The Balaban J connectivity index is 2.02. The third kappa shape index (κ3) is 2.71. The molecule has 18 heavy (non-hydrogen) atoms. The van der Waals surface area contributed by atoms with E-state index in [0.29, 0.717) is 32.6 Å². The van der Waals surface area contributed by atoms with Gasteiger partial charge in [-0.15, -0.1) is 11.3 Å². The van der Waals surface area contributed by atoms with Crippen LogP contribution in [0.15, 0.2) is 17.5 Å². The number of hydrogen-bond acceptors (Lipinski definition) is 4. The Morgan fingerprint density at radius 2 is 2.28 bits per heavy atom. The zero-order chi connectivity index (χ0) is 13.0. The van der Waals surface area contributed by atoms with Gasteiger partial charge in [0.1, 0.15) is 5.41 Å². The van der Waals surface area contributed by atoms with E-state index in [0.717, 1.165) is 4.88 Å². The lowest BCUT2D eigenvalue weighted by molar-refractivity contribution is -0.131. The first-order valence-electron chi connectivity index (χ1n) is 5.83. The highest BCUT2D eigenvalue weighted by Gasteiger charge is 2.42. The van der Waals surface area contributed by atoms with Gasteiger partial charge in [0.05, 0.1) is 11.5 Å². The molecule has 1 amide bonds. The molecular formula is C12H16N2O2S2. The topological polar surface area (TPSA) is 64.4 Å². The van der Waals surface area contributed by atoms with Gasteiger partial charge < -0.3 is 15.8 Å². The Morgan fingerprint density at radius 3 is 2.83 bits per heavy atom. The summed E-state index contributed by atoms with van der Waals surface area (Å²) < 4.78 is 5.28. The minimum atomic E-state index is -0.731. The first-order valence-corrected chi connectivity index (χ1v) is 7.12. The molecule has 1 aromatic heterocycles. The Kier molecular flexibility index (Phi) is 4.31. The maximum absolute atomic E-state index is 12.3. The minimum absolute atomic E-state index is 0.0771. The van der Waals surface area contributed by atoms with Gasteiger partial charge in [-0.25, -0.2) is 0 Å². The first kappa shape index (κ1) is 13.5. The number of rotatable bonds is 4. The fourth-order valence-corrected chi connectivity index (χ4v) is 3.00. The van der Waals surface area contributed by atoms with E-state index in [1.807, 2.05) is 17.5 Å². The standard InChI is InChI=1S/C12H16N2O2S2/c13-10(17)12(3-5-16-6-4-12)11(15)14-8-9-2-1-7-18-9/h1-2,7H,3-6,8H2,(H2,13,17)(H,14,15). The maximum atomic E-state index is 12.3. The molecule has 1 aromatic rings. The lowest BCUT2D eigenvalue weighted by atomic mass is 9.79. The summed E-state index contributed by atoms with van der Waals surface area (Å²) in [6.45, 7) is 1.59. The molecular weight excluding hydrogens is 268 g/mol. The molecule has 6 heteroatoms. The summed E-state index contributed by atoms with van der Waals surface area (Å²) in [6, 6.07) is 3.95. The quantitative estimate of drug-likeness (QED) is 0.821. The molecule has 1 fully saturated rings. The smallest absolute Gasteiger partial charge is 0.233 e. The van der Waals surface area contributed by atoms with Crippen LogP contribution >= 0.6 is 23.6 Å². The Labute approximate surface area is 116 Å². The number of carbonyl (C=O) groups is 1. The van der Waals surface area contributed by atoms with Crippen molar-refractivity contribution in [1.29, 1.82) is 0 Å². The molecule has 3 N–H and O–H groups in total. The normalized spacial score (nSPS) is 18.2. The molecule has 0 spiro atoms. The van der Waals surface area contributed by atoms with Crippen LogP contribution in [-0.2, 0) is 16.1 Å². The summed E-state index contributed by atoms with van der Waals surface area (Å²) in [5.41, 5.74) is 5.04. The molecule has 1 aliphatic heterocycles. The van der Waals surface area contributed by atoms with Crippen molar-refractivity contribution in [2.75, 3.05) is 13.2 Å². The summed E-state index contributed by atoms with van der Waals surface area (Å²) in [5.74, 6) is -0.0771. The van der Waals surface area contributed by atoms with Crippen LogP contribution in [0.3, 0.4) is 0 Å². The van der Waals surface area contributed by atoms with Crippen LogP contribution in [0, 0.1) is 5.41 Å². The molecule has 0 radical (unpaired) electrons. The summed E-state index contributed by atoms with van der Waals surface area (Å²) in [7, 11) is 0. The summed E-state index contributed by atoms with van der Waals surface area (Å²) in [5, 5.41) is 4.91. The van der Waals surface area contributed by atoms with Gasteiger partial charge >= 0.3 is 0 Å². The number of carbonyl (C=O) groups excluding carboxylic acids is 1. The van der Waals surface area contributed by atoms with E-state index in [-0.39, 0.29) is 10.9 Å². The number of hydrogen-bond donors (Lipinski definition) is 2. The fraction of sp³-hybridized carbons (Fsp3) is 0.500. The molecule has 4 nitrogen and oxygen atoms in total. The molecule has 98 valence electrons. The van der Waals surface area contributed by atoms with Crippen molar-refractivity contribution < 1.29 is 9.53 Å². The third-order valence-corrected chi connectivity index (χ3v) is 4.52. The summed E-state index contributed by atoms with van der Waals surface area (Å²) in [6.07, 6.45) is 1.14. The molecule has 1 saturated heterocycles. The average molecular weight is 284 g/mol. The van der Waals surface area contributed by atoms with Gasteiger partial charge in [-0.3, -0.25) is 4.79 Å². The minimum Gasteiger partial charge on any atom is -0.392 e. The van der Waals surface area contributed by atoms with Gasteiger partial charge in [0.25, 0.3) is 0 Å². The molecule has 0 bridgehead atoms. The van der Waals surface area contributed by atoms with Crippen molar-refractivity contribution in [3.63, 3.8) is 0 Å². The van der Waals surface area contributed by atoms with Crippen LogP contribution in [0.1, 0.15) is 17.7 Å². The zero-order valence-electron chi connectivity index (χ0n) is 9.98. The third-order valence-electron chi connectivity index (χ3n) is 3.26. The van der Waals surface area contributed by atoms with Gasteiger partial charge in [-0.2, -0.15) is 0 Å². The number of amides is 1. The SMILES string of the molecule is NC(=S)C1(C(=O)NCc2cccs2)CCOCC1. The van der Waals surface area contributed by atoms with Crippen LogP contribution in [0.4, 0.5) is 0 Å². The number of thiocarbonyl (C=S) groups is 1. The van der Waals surface area contributed by atoms with Gasteiger partial charge in [0, 0.05) is 18.1 Å². The molecule has 2 heterocycles. The maximum Gasteiger partial charge on any atom is 0.233 e. The Hall–Kier alpha value is -0.980. The van der Waals surface area contributed by atoms with Crippen molar-refractivity contribution in [2.24, 2.45) is 11.1 Å². The second-order valence-electron chi connectivity index (χ2n) is 4.32. The van der Waals surface area contributed by atoms with Gasteiger partial charge in [0.2, 0.25) is 5.91 Å². The zero-order valence-corrected chi connectivity index (χ0v) is 11.6. The number of ether oxygens (including phenoxy) is 1. The van der Waals surface area contributed by atoms with Crippen LogP contribution in [-0.4, -0.2) is 24.1 Å². The Morgan fingerprint density at radius 1 is 1.56 bits per heavy atom. The number of nitrogens with two attached hydrogens (primary N) is 1. The Bertz CT molecular complexity index is 425. The van der Waals surface area contributed by atoms with E-state index in [1.54, 1.807) is 11.3 Å². The molecule has 0 unspecified atom stereocenters. The van der Waals surface area contributed by atoms with Crippen molar-refractivity contribution in [1.82, 2.24) is 5.32 Å². The molecule has 0 saturated carbocycles. The van der Waals surface area contributed by atoms with Crippen LogP contribution < -0.4 is 11.1 Å². The number of nitrogens with one attached hydrogen (secondary N) is 1. The van der Waals surface area contributed by atoms with E-state index in [1.165, 1.54) is 0 Å². The van der Waals surface area contributed by atoms with Crippen molar-refractivity contribution in [3.05, 3.63) is 22.4 Å². The van der Waals surface area contributed by atoms with Gasteiger partial charge in [-0.05, 0) is 24.3 Å². The fourth-order valence-electron chi connectivity index (χ4n) is 2.05. The van der Waals surface area contributed by atoms with E-state index < -0.39 is 5.41 Å². The lowest BCUT2D eigenvalue weighted by Crippen LogP contribution is -2.51. The monoisotopic (exact) mass is 284 g/mol. The van der Waals surface area contributed by atoms with Gasteiger partial charge in [-0.1, -0.05) is 18.3 Å². The molecule has 0 atom stereocenters. The van der Waals surface area contributed by atoms with Crippen LogP contribution in [0.5, 0.6) is 0 Å². The predicted octanol–water partition coefficient (Wildman–Crippen LogP) is 1.45. The highest BCUT2D eigenvalue weighted by molar-refractivity contribution is 7.80. The molecule has 0 aromatic carbocycles.